The van der Waals surface area contributed by atoms with Crippen LogP contribution in [-0.4, -0.2) is 10.5 Å². The molecule has 0 bridgehead atoms. The van der Waals surface area contributed by atoms with E-state index in [0.29, 0.717) is 0 Å². The second-order valence-electron chi connectivity index (χ2n) is 5.18. The monoisotopic (exact) mass is 244 g/mol. The summed E-state index contributed by atoms with van der Waals surface area (Å²) in [7, 11) is 0. The molecule has 2 N–H and O–H groups in total. The molecule has 17 heavy (non-hydrogen) atoms. The maximum absolute atomic E-state index is 12.9. The first kappa shape index (κ1) is 12.4. The second kappa shape index (κ2) is 3.45. The van der Waals surface area contributed by atoms with Crippen LogP contribution in [0.1, 0.15) is 37.9 Å². The summed E-state index contributed by atoms with van der Waals surface area (Å²) in [5, 5.41) is 0. The molecule has 0 amide bonds. The van der Waals surface area contributed by atoms with Crippen molar-refractivity contribution in [3.63, 3.8) is 0 Å². The van der Waals surface area contributed by atoms with Crippen LogP contribution in [-0.2, 0) is 11.6 Å². The molecule has 1 aliphatic carbocycles. The highest BCUT2D eigenvalue weighted by Gasteiger charge is 2.55. The summed E-state index contributed by atoms with van der Waals surface area (Å²) in [5.74, 6) is 0. The molecule has 0 unspecified atom stereocenters. The molecule has 0 radical (unpaired) electrons. The Kier molecular flexibility index (Phi) is 2.51. The van der Waals surface area contributed by atoms with Crippen LogP contribution >= 0.6 is 0 Å². The van der Waals surface area contributed by atoms with Crippen LogP contribution in [0.5, 0.6) is 0 Å². The Morgan fingerprint density at radius 1 is 1.29 bits per heavy atom. The number of aromatic nitrogens is 1. The Hall–Kier alpha value is -1.10. The third-order valence-electron chi connectivity index (χ3n) is 3.74. The number of hydrogen-bond donors (Lipinski definition) is 1. The molecule has 0 aromatic carbocycles. The predicted octanol–water partition coefficient (Wildman–Crippen LogP) is 2.87. The molecule has 1 saturated carbocycles. The SMILES string of the molecule is CC(C)(c1ncccc1C(F)(F)F)C1(N)CC1. The zero-order valence-corrected chi connectivity index (χ0v) is 9.80. The van der Waals surface area contributed by atoms with Gasteiger partial charge in [0.05, 0.1) is 11.3 Å². The molecule has 2 rings (SSSR count). The summed E-state index contributed by atoms with van der Waals surface area (Å²) >= 11 is 0. The van der Waals surface area contributed by atoms with Gasteiger partial charge in [-0.05, 0) is 25.0 Å². The van der Waals surface area contributed by atoms with Crippen molar-refractivity contribution in [3.05, 3.63) is 29.6 Å². The Morgan fingerprint density at radius 3 is 2.35 bits per heavy atom. The Labute approximate surface area is 98.0 Å². The fraction of sp³-hybridized carbons (Fsp3) is 0.583. The van der Waals surface area contributed by atoms with Gasteiger partial charge in [-0.15, -0.1) is 0 Å². The molecule has 1 fully saturated rings. The second-order valence-corrected chi connectivity index (χ2v) is 5.18. The van der Waals surface area contributed by atoms with Crippen LogP contribution in [0.4, 0.5) is 13.2 Å². The zero-order valence-electron chi connectivity index (χ0n) is 9.80. The number of halogens is 3. The fourth-order valence-corrected chi connectivity index (χ4v) is 2.13. The molecule has 5 heteroatoms. The highest BCUT2D eigenvalue weighted by Crippen LogP contribution is 2.50. The van der Waals surface area contributed by atoms with Gasteiger partial charge in [0.25, 0.3) is 0 Å². The molecule has 94 valence electrons. The Morgan fingerprint density at radius 2 is 1.88 bits per heavy atom. The van der Waals surface area contributed by atoms with Gasteiger partial charge < -0.3 is 5.73 Å². The smallest absolute Gasteiger partial charge is 0.324 e. The largest absolute Gasteiger partial charge is 0.418 e. The molecule has 0 aliphatic heterocycles. The van der Waals surface area contributed by atoms with Crippen LogP contribution in [0.3, 0.4) is 0 Å². The fourth-order valence-electron chi connectivity index (χ4n) is 2.13. The zero-order chi connectivity index (χ0) is 12.9. The van der Waals surface area contributed by atoms with Crippen LogP contribution in [0.15, 0.2) is 18.3 Å². The average molecular weight is 244 g/mol. The molecule has 1 aromatic heterocycles. The number of rotatable bonds is 2. The van der Waals surface area contributed by atoms with Crippen molar-refractivity contribution in [1.82, 2.24) is 4.98 Å². The maximum Gasteiger partial charge on any atom is 0.418 e. The standard InChI is InChI=1S/C12H15F3N2/c1-10(2,11(16)5-6-11)9-8(12(13,14)15)4-3-7-17-9/h3-4,7H,5-6,16H2,1-2H3. The van der Waals surface area contributed by atoms with Crippen LogP contribution in [0, 0.1) is 0 Å². The van der Waals surface area contributed by atoms with E-state index in [1.807, 2.05) is 0 Å². The van der Waals surface area contributed by atoms with Crippen LogP contribution in [0.25, 0.3) is 0 Å². The minimum absolute atomic E-state index is 0.0486. The van der Waals surface area contributed by atoms with E-state index >= 15 is 0 Å². The lowest BCUT2D eigenvalue weighted by atomic mass is 9.77. The van der Waals surface area contributed by atoms with E-state index in [-0.39, 0.29) is 5.69 Å². The van der Waals surface area contributed by atoms with Crippen molar-refractivity contribution in [2.45, 2.75) is 43.8 Å². The summed E-state index contributed by atoms with van der Waals surface area (Å²) in [5.41, 5.74) is 4.11. The number of nitrogens with zero attached hydrogens (tertiary/aromatic N) is 1. The summed E-state index contributed by atoms with van der Waals surface area (Å²) in [6.07, 6.45) is -1.51. The minimum atomic E-state index is -4.38. The molecule has 0 atom stereocenters. The summed E-state index contributed by atoms with van der Waals surface area (Å²) in [6.45, 7) is 3.47. The van der Waals surface area contributed by atoms with Crippen molar-refractivity contribution in [2.75, 3.05) is 0 Å². The number of pyridine rings is 1. The van der Waals surface area contributed by atoms with Gasteiger partial charge in [-0.25, -0.2) is 0 Å². The lowest BCUT2D eigenvalue weighted by molar-refractivity contribution is -0.139. The Balaban J connectivity index is 2.53. The quantitative estimate of drug-likeness (QED) is 0.868. The molecular weight excluding hydrogens is 229 g/mol. The third-order valence-corrected chi connectivity index (χ3v) is 3.74. The summed E-state index contributed by atoms with van der Waals surface area (Å²) < 4.78 is 38.7. The first-order valence-electron chi connectivity index (χ1n) is 5.50. The van der Waals surface area contributed by atoms with Crippen LogP contribution < -0.4 is 5.73 Å². The molecule has 0 spiro atoms. The first-order valence-corrected chi connectivity index (χ1v) is 5.50. The van der Waals surface area contributed by atoms with Gasteiger partial charge in [0.15, 0.2) is 0 Å². The average Bonchev–Trinajstić information content (AvgIpc) is 2.97. The van der Waals surface area contributed by atoms with E-state index in [9.17, 15) is 13.2 Å². The van der Waals surface area contributed by atoms with Crippen molar-refractivity contribution in [1.29, 1.82) is 0 Å². The molecule has 1 aromatic rings. The van der Waals surface area contributed by atoms with E-state index in [1.165, 1.54) is 12.3 Å². The van der Waals surface area contributed by atoms with Gasteiger partial charge in [-0.1, -0.05) is 13.8 Å². The summed E-state index contributed by atoms with van der Waals surface area (Å²) in [4.78, 5) is 3.92. The van der Waals surface area contributed by atoms with Crippen LogP contribution in [0.2, 0.25) is 0 Å². The van der Waals surface area contributed by atoms with E-state index in [4.69, 9.17) is 5.73 Å². The lowest BCUT2D eigenvalue weighted by Gasteiger charge is -2.33. The molecular formula is C12H15F3N2. The van der Waals surface area contributed by atoms with Crippen molar-refractivity contribution in [3.8, 4) is 0 Å². The molecule has 2 nitrogen and oxygen atoms in total. The molecule has 1 heterocycles. The van der Waals surface area contributed by atoms with Gasteiger partial charge in [0.1, 0.15) is 0 Å². The minimum Gasteiger partial charge on any atom is -0.324 e. The van der Waals surface area contributed by atoms with Gasteiger partial charge >= 0.3 is 6.18 Å². The van der Waals surface area contributed by atoms with Gasteiger partial charge in [0.2, 0.25) is 0 Å². The lowest BCUT2D eigenvalue weighted by Crippen LogP contribution is -2.45. The van der Waals surface area contributed by atoms with E-state index < -0.39 is 22.7 Å². The molecule has 0 saturated heterocycles. The summed E-state index contributed by atoms with van der Waals surface area (Å²) in [6, 6.07) is 2.37. The van der Waals surface area contributed by atoms with Crippen molar-refractivity contribution < 1.29 is 13.2 Å². The number of nitrogens with two attached hydrogens (primary N) is 1. The van der Waals surface area contributed by atoms with Gasteiger partial charge in [0, 0.05) is 17.2 Å². The Bertz CT molecular complexity index is 434. The van der Waals surface area contributed by atoms with Crippen molar-refractivity contribution in [2.24, 2.45) is 5.73 Å². The highest BCUT2D eigenvalue weighted by atomic mass is 19.4. The molecule has 1 aliphatic rings. The van der Waals surface area contributed by atoms with E-state index in [2.05, 4.69) is 4.98 Å². The normalized spacial score (nSPS) is 19.2. The van der Waals surface area contributed by atoms with Crippen molar-refractivity contribution >= 4 is 0 Å². The number of alkyl halides is 3. The van der Waals surface area contributed by atoms with E-state index in [0.717, 1.165) is 18.9 Å². The maximum atomic E-state index is 12.9. The highest BCUT2D eigenvalue weighted by molar-refractivity contribution is 5.35. The predicted molar refractivity (Wildman–Crippen MR) is 58.4 cm³/mol. The topological polar surface area (TPSA) is 38.9 Å². The first-order chi connectivity index (χ1) is 7.68. The number of hydrogen-bond acceptors (Lipinski definition) is 2. The van der Waals surface area contributed by atoms with Gasteiger partial charge in [-0.3, -0.25) is 4.98 Å². The van der Waals surface area contributed by atoms with Gasteiger partial charge in [-0.2, -0.15) is 13.2 Å². The third kappa shape index (κ3) is 1.92. The van der Waals surface area contributed by atoms with E-state index in [1.54, 1.807) is 13.8 Å².